The largest absolute Gasteiger partial charge is 0.490 e. The van der Waals surface area contributed by atoms with Crippen molar-refractivity contribution < 1.29 is 18.4 Å². The number of benzene rings is 1. The number of aryl methyl sites for hydroxylation is 1. The van der Waals surface area contributed by atoms with Gasteiger partial charge in [-0.05, 0) is 56.7 Å². The number of ether oxygens (including phenoxy) is 1. The molecular formula is C21H22FN3O3. The molecule has 1 fully saturated rings. The summed E-state index contributed by atoms with van der Waals surface area (Å²) in [6, 6.07) is 8.31. The monoisotopic (exact) mass is 383 g/mol. The molecule has 0 aliphatic heterocycles. The molecule has 1 saturated carbocycles. The van der Waals surface area contributed by atoms with Crippen LogP contribution in [0, 0.1) is 18.7 Å². The van der Waals surface area contributed by atoms with E-state index in [1.54, 1.807) is 31.3 Å². The van der Waals surface area contributed by atoms with Crippen LogP contribution in [0.4, 0.5) is 4.39 Å². The molecule has 1 aliphatic rings. The van der Waals surface area contributed by atoms with Crippen LogP contribution in [0.1, 0.15) is 41.9 Å². The third kappa shape index (κ3) is 3.98. The Kier molecular flexibility index (Phi) is 5.23. The van der Waals surface area contributed by atoms with Crippen molar-refractivity contribution in [1.29, 1.82) is 0 Å². The van der Waals surface area contributed by atoms with Gasteiger partial charge in [-0.1, -0.05) is 11.2 Å². The molecule has 1 N–H and O–H groups in total. The van der Waals surface area contributed by atoms with Crippen LogP contribution in [0.15, 0.2) is 41.1 Å². The number of rotatable bonds is 5. The molecule has 0 atom stereocenters. The Hall–Kier alpha value is -2.96. The van der Waals surface area contributed by atoms with Gasteiger partial charge in [0, 0.05) is 24.2 Å². The van der Waals surface area contributed by atoms with Gasteiger partial charge in [-0.2, -0.15) is 0 Å². The third-order valence-electron chi connectivity index (χ3n) is 5.18. The number of para-hydroxylation sites is 1. The molecule has 0 unspecified atom stereocenters. The van der Waals surface area contributed by atoms with E-state index in [1.807, 2.05) is 6.07 Å². The molecule has 0 saturated heterocycles. The number of carbonyl (C=O) groups excluding carboxylic acids is 1. The van der Waals surface area contributed by atoms with Crippen molar-refractivity contribution in [2.45, 2.75) is 38.7 Å². The zero-order valence-corrected chi connectivity index (χ0v) is 15.7. The van der Waals surface area contributed by atoms with Crippen LogP contribution in [0.3, 0.4) is 0 Å². The number of halogens is 1. The summed E-state index contributed by atoms with van der Waals surface area (Å²) < 4.78 is 25.0. The second-order valence-corrected chi connectivity index (χ2v) is 7.24. The number of pyridine rings is 1. The zero-order valence-electron chi connectivity index (χ0n) is 15.7. The molecule has 1 aromatic carbocycles. The van der Waals surface area contributed by atoms with Gasteiger partial charge in [0.1, 0.15) is 22.8 Å². The second-order valence-electron chi connectivity index (χ2n) is 7.24. The van der Waals surface area contributed by atoms with E-state index in [4.69, 9.17) is 9.26 Å². The topological polar surface area (TPSA) is 77.2 Å². The number of carbonyl (C=O) groups is 1. The lowest BCUT2D eigenvalue weighted by Crippen LogP contribution is -2.33. The van der Waals surface area contributed by atoms with Gasteiger partial charge in [0.2, 0.25) is 0 Å². The first-order chi connectivity index (χ1) is 13.6. The van der Waals surface area contributed by atoms with Crippen molar-refractivity contribution >= 4 is 16.8 Å². The molecule has 28 heavy (non-hydrogen) atoms. The highest BCUT2D eigenvalue weighted by molar-refractivity contribution is 5.92. The fraction of sp³-hybridized carbons (Fsp3) is 0.381. The number of nitrogens with one attached hydrogen (secondary N) is 1. The summed E-state index contributed by atoms with van der Waals surface area (Å²) >= 11 is 0. The van der Waals surface area contributed by atoms with Gasteiger partial charge in [-0.25, -0.2) is 4.39 Å². The quantitative estimate of drug-likeness (QED) is 0.720. The molecule has 0 spiro atoms. The zero-order chi connectivity index (χ0) is 19.5. The summed E-state index contributed by atoms with van der Waals surface area (Å²) in [6.45, 7) is 2.37. The lowest BCUT2D eigenvalue weighted by molar-refractivity contribution is 0.0920. The van der Waals surface area contributed by atoms with Gasteiger partial charge in [0.15, 0.2) is 5.69 Å². The molecule has 146 valence electrons. The van der Waals surface area contributed by atoms with Gasteiger partial charge >= 0.3 is 0 Å². The Labute approximate surface area is 162 Å². The maximum atomic E-state index is 13.9. The summed E-state index contributed by atoms with van der Waals surface area (Å²) in [5, 5.41) is 7.35. The Morgan fingerprint density at radius 2 is 2.11 bits per heavy atom. The highest BCUT2D eigenvalue weighted by Crippen LogP contribution is 2.31. The average Bonchev–Trinajstić information content (AvgIpc) is 3.14. The van der Waals surface area contributed by atoms with Gasteiger partial charge in [-0.3, -0.25) is 9.78 Å². The molecule has 1 amide bonds. The highest BCUT2D eigenvalue weighted by atomic mass is 19.1. The van der Waals surface area contributed by atoms with Crippen molar-refractivity contribution in [2.75, 3.05) is 6.54 Å². The van der Waals surface area contributed by atoms with Crippen LogP contribution in [0.5, 0.6) is 5.75 Å². The predicted molar refractivity (Wildman–Crippen MR) is 102 cm³/mol. The fourth-order valence-electron chi connectivity index (χ4n) is 3.65. The van der Waals surface area contributed by atoms with E-state index < -0.39 is 0 Å². The number of fused-ring (bicyclic) bond motifs is 1. The molecular weight excluding hydrogens is 361 g/mol. The molecule has 3 aromatic rings. The number of aromatic nitrogens is 2. The number of hydrogen-bond donors (Lipinski definition) is 1. The smallest absolute Gasteiger partial charge is 0.273 e. The SMILES string of the molecule is Cc1cc(C(=O)NC[C@H]2CC[C@H](Oc3ccnc4c(F)cccc34)CC2)no1. The number of hydrogen-bond acceptors (Lipinski definition) is 5. The van der Waals surface area contributed by atoms with Crippen LogP contribution in [0.25, 0.3) is 10.9 Å². The van der Waals surface area contributed by atoms with E-state index in [1.165, 1.54) is 6.07 Å². The predicted octanol–water partition coefficient (Wildman–Crippen LogP) is 4.04. The molecule has 2 aromatic heterocycles. The van der Waals surface area contributed by atoms with Crippen LogP contribution in [0.2, 0.25) is 0 Å². The average molecular weight is 383 g/mol. The van der Waals surface area contributed by atoms with Crippen LogP contribution >= 0.6 is 0 Å². The minimum Gasteiger partial charge on any atom is -0.490 e. The molecule has 6 nitrogen and oxygen atoms in total. The maximum absolute atomic E-state index is 13.9. The van der Waals surface area contributed by atoms with Gasteiger partial charge in [-0.15, -0.1) is 0 Å². The standard InChI is InChI=1S/C21H22FN3O3/c1-13-11-18(25-28-13)21(26)24-12-14-5-7-15(8-6-14)27-19-9-10-23-20-16(19)3-2-4-17(20)22/h2-4,9-11,14-15H,5-8,12H2,1H3,(H,24,26)/t14-,15-. The van der Waals surface area contributed by atoms with E-state index in [-0.39, 0.29) is 17.8 Å². The summed E-state index contributed by atoms with van der Waals surface area (Å²) in [4.78, 5) is 16.2. The number of amides is 1. The third-order valence-corrected chi connectivity index (χ3v) is 5.18. The Morgan fingerprint density at radius 3 is 2.86 bits per heavy atom. The van der Waals surface area contributed by atoms with Gasteiger partial charge in [0.25, 0.3) is 5.91 Å². The van der Waals surface area contributed by atoms with E-state index >= 15 is 0 Å². The van der Waals surface area contributed by atoms with Crippen molar-refractivity contribution in [3.8, 4) is 5.75 Å². The fourth-order valence-corrected chi connectivity index (χ4v) is 3.65. The van der Waals surface area contributed by atoms with Gasteiger partial charge in [0.05, 0.1) is 6.10 Å². The molecule has 0 radical (unpaired) electrons. The first kappa shape index (κ1) is 18.4. The van der Waals surface area contributed by atoms with Crippen LogP contribution < -0.4 is 10.1 Å². The van der Waals surface area contributed by atoms with E-state index in [0.717, 1.165) is 25.7 Å². The summed E-state index contributed by atoms with van der Waals surface area (Å²) in [7, 11) is 0. The molecule has 2 heterocycles. The van der Waals surface area contributed by atoms with Crippen molar-refractivity contribution in [3.63, 3.8) is 0 Å². The van der Waals surface area contributed by atoms with Crippen LogP contribution in [-0.4, -0.2) is 28.7 Å². The van der Waals surface area contributed by atoms with Crippen molar-refractivity contribution in [3.05, 3.63) is 53.8 Å². The lowest BCUT2D eigenvalue weighted by Gasteiger charge is -2.29. The van der Waals surface area contributed by atoms with E-state index in [0.29, 0.717) is 40.6 Å². The second kappa shape index (κ2) is 7.96. The lowest BCUT2D eigenvalue weighted by atomic mass is 9.87. The van der Waals surface area contributed by atoms with Crippen molar-refractivity contribution in [1.82, 2.24) is 15.5 Å². The summed E-state index contributed by atoms with van der Waals surface area (Å²) in [5.74, 6) is 1.14. The number of nitrogens with zero attached hydrogens (tertiary/aromatic N) is 2. The molecule has 4 rings (SSSR count). The highest BCUT2D eigenvalue weighted by Gasteiger charge is 2.24. The van der Waals surface area contributed by atoms with Crippen LogP contribution in [-0.2, 0) is 0 Å². The maximum Gasteiger partial charge on any atom is 0.273 e. The van der Waals surface area contributed by atoms with E-state index in [9.17, 15) is 9.18 Å². The Balaban J connectivity index is 1.30. The van der Waals surface area contributed by atoms with Crippen molar-refractivity contribution in [2.24, 2.45) is 5.92 Å². The normalized spacial score (nSPS) is 19.5. The molecule has 1 aliphatic carbocycles. The minimum absolute atomic E-state index is 0.0824. The summed E-state index contributed by atoms with van der Waals surface area (Å²) in [6.07, 6.45) is 5.36. The first-order valence-electron chi connectivity index (χ1n) is 9.51. The Morgan fingerprint density at radius 1 is 1.29 bits per heavy atom. The Bertz CT molecular complexity index is 980. The first-order valence-corrected chi connectivity index (χ1v) is 9.51. The molecule has 7 heteroatoms. The molecule has 0 bridgehead atoms. The minimum atomic E-state index is -0.343. The summed E-state index contributed by atoms with van der Waals surface area (Å²) in [5.41, 5.74) is 0.644. The van der Waals surface area contributed by atoms with E-state index in [2.05, 4.69) is 15.5 Å². The van der Waals surface area contributed by atoms with Gasteiger partial charge < -0.3 is 14.6 Å².